The van der Waals surface area contributed by atoms with Gasteiger partial charge in [0.25, 0.3) is 5.91 Å². The zero-order valence-corrected chi connectivity index (χ0v) is 34.2. The molecule has 10 nitrogen and oxygen atoms in total. The van der Waals surface area contributed by atoms with E-state index in [1.807, 2.05) is 38.3 Å². The highest BCUT2D eigenvalue weighted by Crippen LogP contribution is 2.55. The Kier molecular flexibility index (Phi) is 13.2. The van der Waals surface area contributed by atoms with E-state index in [1.165, 1.54) is 5.56 Å². The summed E-state index contributed by atoms with van der Waals surface area (Å²) in [7, 11) is -2.24. The molecule has 2 unspecified atom stereocenters. The second-order valence-electron chi connectivity index (χ2n) is 15.9. The number of aryl methyl sites for hydroxylation is 1. The molecule has 1 amide bonds. The molecule has 2 fully saturated rings. The van der Waals surface area contributed by atoms with Gasteiger partial charge in [-0.15, -0.1) is 0 Å². The number of amides is 1. The maximum atomic E-state index is 13.6. The summed E-state index contributed by atoms with van der Waals surface area (Å²) in [6.45, 7) is 18.9. The molecule has 1 aliphatic carbocycles. The third kappa shape index (κ3) is 9.19. The third-order valence-electron chi connectivity index (χ3n) is 12.4. The van der Waals surface area contributed by atoms with Crippen molar-refractivity contribution in [1.29, 1.82) is 0 Å². The first-order chi connectivity index (χ1) is 25.9. The van der Waals surface area contributed by atoms with Crippen molar-refractivity contribution in [3.63, 3.8) is 0 Å². The van der Waals surface area contributed by atoms with Gasteiger partial charge in [0.1, 0.15) is 18.0 Å². The summed E-state index contributed by atoms with van der Waals surface area (Å²) in [5, 5.41) is -0.273. The van der Waals surface area contributed by atoms with Crippen LogP contribution in [0.1, 0.15) is 74.4 Å². The molecule has 2 aromatic carbocycles. The van der Waals surface area contributed by atoms with E-state index in [1.54, 1.807) is 25.1 Å². The van der Waals surface area contributed by atoms with Gasteiger partial charge < -0.3 is 19.1 Å². The van der Waals surface area contributed by atoms with Gasteiger partial charge in [-0.2, -0.15) is 0 Å². The van der Waals surface area contributed by atoms with Crippen LogP contribution in [0.25, 0.3) is 0 Å². The number of halogens is 1. The van der Waals surface area contributed by atoms with Crippen molar-refractivity contribution < 1.29 is 27.4 Å². The lowest BCUT2D eigenvalue weighted by atomic mass is 9.54. The second kappa shape index (κ2) is 17.5. The summed E-state index contributed by atoms with van der Waals surface area (Å²) in [5.74, 6) is 0.170. The number of methoxy groups -OCH3 is 1. The van der Waals surface area contributed by atoms with E-state index in [-0.39, 0.29) is 16.9 Å². The van der Waals surface area contributed by atoms with Crippen LogP contribution in [0.3, 0.4) is 0 Å². The zero-order valence-electron chi connectivity index (χ0n) is 32.6. The standard InChI is InChI=1S/C42H59ClN4O6S/c1-6-52-25-24-45-20-22-46(23-21-45)30-42(51-5)17-9-10-31(2)32(3)54(49,50)44-40(48)34-13-15-38-37(27-34)47(29-41(4)18-16-39(41)42)19-8-7-11-33-26-36(43)14-12-35(33)28-53-38/h9,12-15,17,26-27,32,39H,2,6-8,10-11,16,18-25,28-30H2,1,3-5H3,(H,44,48)/b17-9+/t32-,39-,41?,42?/m1/s1. The Labute approximate surface area is 327 Å². The number of carbonyl (C=O) groups is 1. The van der Waals surface area contributed by atoms with Gasteiger partial charge in [-0.1, -0.05) is 48.9 Å². The molecule has 4 aliphatic rings. The molecule has 0 spiro atoms. The molecular weight excluding hydrogens is 724 g/mol. The Hall–Kier alpha value is -2.93. The topological polar surface area (TPSA) is 101 Å². The number of ether oxygens (including phenoxy) is 3. The molecule has 2 bridgehead atoms. The SMILES string of the molecule is C=C1C/C=C/C(CN2CCN(CCOCC)CC2)(OC)[C@@H]2CCC2(C)CN2CCCCc3cc(Cl)ccc3COc3ccc(cc32)C(=O)NS(=O)(=O)[C@@H]1C. The summed E-state index contributed by atoms with van der Waals surface area (Å²) < 4.78 is 48.4. The summed E-state index contributed by atoms with van der Waals surface area (Å²) in [5.41, 5.74) is 3.08. The van der Waals surface area contributed by atoms with Gasteiger partial charge in [-0.3, -0.25) is 14.6 Å². The maximum Gasteiger partial charge on any atom is 0.264 e. The van der Waals surface area contributed by atoms with Crippen molar-refractivity contribution in [3.05, 3.63) is 82.4 Å². The number of piperazine rings is 1. The van der Waals surface area contributed by atoms with Crippen LogP contribution < -0.4 is 14.4 Å². The molecule has 0 aromatic heterocycles. The maximum absolute atomic E-state index is 13.6. The second-order valence-corrected chi connectivity index (χ2v) is 18.3. The lowest BCUT2D eigenvalue weighted by Crippen LogP contribution is -2.62. The van der Waals surface area contributed by atoms with Crippen LogP contribution in [0.5, 0.6) is 5.75 Å². The van der Waals surface area contributed by atoms with Gasteiger partial charge in [0.2, 0.25) is 10.0 Å². The number of hydrogen-bond donors (Lipinski definition) is 1. The molecule has 6 rings (SSSR count). The molecule has 54 heavy (non-hydrogen) atoms. The smallest absolute Gasteiger partial charge is 0.264 e. The van der Waals surface area contributed by atoms with Crippen LogP contribution in [0.2, 0.25) is 5.02 Å². The van der Waals surface area contributed by atoms with E-state index in [4.69, 9.17) is 25.8 Å². The summed E-state index contributed by atoms with van der Waals surface area (Å²) in [4.78, 5) is 21.0. The Bertz CT molecular complexity index is 1800. The predicted molar refractivity (Wildman–Crippen MR) is 216 cm³/mol. The molecule has 296 valence electrons. The third-order valence-corrected chi connectivity index (χ3v) is 14.3. The first-order valence-electron chi connectivity index (χ1n) is 19.6. The number of benzene rings is 2. The molecule has 1 N–H and O–H groups in total. The Morgan fingerprint density at radius 1 is 1.06 bits per heavy atom. The minimum absolute atomic E-state index is 0.128. The highest BCUT2D eigenvalue weighted by Gasteiger charge is 2.55. The van der Waals surface area contributed by atoms with Crippen molar-refractivity contribution in [2.24, 2.45) is 11.3 Å². The first kappa shape index (κ1) is 40.7. The number of carbonyl (C=O) groups excluding carboxylic acids is 1. The summed E-state index contributed by atoms with van der Waals surface area (Å²) in [6, 6.07) is 11.2. The molecule has 4 atom stereocenters. The van der Waals surface area contributed by atoms with Crippen LogP contribution in [-0.4, -0.2) is 108 Å². The van der Waals surface area contributed by atoms with Crippen LogP contribution in [0.4, 0.5) is 5.69 Å². The van der Waals surface area contributed by atoms with Gasteiger partial charge >= 0.3 is 0 Å². The molecule has 1 saturated heterocycles. The number of nitrogens with zero attached hydrogens (tertiary/aromatic N) is 3. The Morgan fingerprint density at radius 2 is 1.83 bits per heavy atom. The lowest BCUT2D eigenvalue weighted by molar-refractivity contribution is -0.129. The molecule has 12 heteroatoms. The molecule has 1 saturated carbocycles. The van der Waals surface area contributed by atoms with Crippen LogP contribution in [-0.2, 0) is 32.5 Å². The van der Waals surface area contributed by atoms with Crippen LogP contribution >= 0.6 is 11.6 Å². The number of hydrogen-bond acceptors (Lipinski definition) is 9. The molecule has 3 aliphatic heterocycles. The van der Waals surface area contributed by atoms with E-state index in [9.17, 15) is 13.2 Å². The molecule has 0 radical (unpaired) electrons. The number of sulfonamides is 1. The minimum Gasteiger partial charge on any atom is -0.487 e. The number of allylic oxidation sites excluding steroid dienone is 1. The van der Waals surface area contributed by atoms with E-state index in [0.29, 0.717) is 29.4 Å². The monoisotopic (exact) mass is 782 g/mol. The summed E-state index contributed by atoms with van der Waals surface area (Å²) in [6.07, 6.45) is 9.37. The predicted octanol–water partition coefficient (Wildman–Crippen LogP) is 6.48. The lowest BCUT2D eigenvalue weighted by Gasteiger charge is -2.58. The van der Waals surface area contributed by atoms with Gasteiger partial charge in [0.15, 0.2) is 0 Å². The van der Waals surface area contributed by atoms with Gasteiger partial charge in [0.05, 0.1) is 17.5 Å². The summed E-state index contributed by atoms with van der Waals surface area (Å²) >= 11 is 6.42. The van der Waals surface area contributed by atoms with E-state index < -0.39 is 26.8 Å². The fourth-order valence-corrected chi connectivity index (χ4v) is 10.1. The molecule has 3 heterocycles. The fourth-order valence-electron chi connectivity index (χ4n) is 8.78. The average Bonchev–Trinajstić information content (AvgIpc) is 3.17. The zero-order chi connectivity index (χ0) is 38.5. The fraction of sp³-hybridized carbons (Fsp3) is 0.595. The van der Waals surface area contributed by atoms with E-state index >= 15 is 0 Å². The largest absolute Gasteiger partial charge is 0.487 e. The number of rotatable bonds is 7. The van der Waals surface area contributed by atoms with E-state index in [0.717, 1.165) is 109 Å². The highest BCUT2D eigenvalue weighted by molar-refractivity contribution is 7.90. The van der Waals surface area contributed by atoms with Crippen molar-refractivity contribution in [2.75, 3.05) is 77.6 Å². The normalized spacial score (nSPS) is 29.1. The Morgan fingerprint density at radius 3 is 2.56 bits per heavy atom. The average molecular weight is 783 g/mol. The number of nitrogens with one attached hydrogen (secondary N) is 1. The number of anilines is 1. The van der Waals surface area contributed by atoms with Crippen molar-refractivity contribution in [2.45, 2.75) is 76.8 Å². The molecule has 2 aromatic rings. The van der Waals surface area contributed by atoms with Crippen LogP contribution in [0.15, 0.2) is 60.7 Å². The van der Waals surface area contributed by atoms with Crippen LogP contribution in [0, 0.1) is 11.3 Å². The van der Waals surface area contributed by atoms with Crippen molar-refractivity contribution >= 4 is 33.2 Å². The first-order valence-corrected chi connectivity index (χ1v) is 21.6. The number of fused-ring (bicyclic) bond motifs is 3. The quantitative estimate of drug-likeness (QED) is 0.250. The molecular formula is C42H59ClN4O6S. The van der Waals surface area contributed by atoms with Gasteiger partial charge in [0, 0.05) is 76.7 Å². The van der Waals surface area contributed by atoms with E-state index in [2.05, 4.69) is 39.0 Å². The van der Waals surface area contributed by atoms with Gasteiger partial charge in [-0.25, -0.2) is 13.1 Å². The van der Waals surface area contributed by atoms with Crippen molar-refractivity contribution in [3.8, 4) is 5.75 Å². The van der Waals surface area contributed by atoms with Crippen molar-refractivity contribution in [1.82, 2.24) is 14.5 Å². The van der Waals surface area contributed by atoms with Gasteiger partial charge in [-0.05, 0) is 105 Å². The highest BCUT2D eigenvalue weighted by atomic mass is 35.5. The minimum atomic E-state index is -4.07. The Balaban J connectivity index is 1.37.